The highest BCUT2D eigenvalue weighted by Crippen LogP contribution is 2.30. The van der Waals surface area contributed by atoms with Gasteiger partial charge in [0.15, 0.2) is 0 Å². The molecule has 0 bridgehead atoms. The third-order valence-corrected chi connectivity index (χ3v) is 4.19. The molecule has 3 N–H and O–H groups in total. The van der Waals surface area contributed by atoms with Crippen molar-refractivity contribution in [2.24, 2.45) is 0 Å². The molecule has 168 valence electrons. The van der Waals surface area contributed by atoms with Gasteiger partial charge in [0.2, 0.25) is 5.91 Å². The molecule has 1 aromatic carbocycles. The lowest BCUT2D eigenvalue weighted by Crippen LogP contribution is -2.39. The molecule has 2 rings (SSSR count). The number of fused-ring (bicyclic) bond motifs is 1. The number of rotatable bonds is 13. The Morgan fingerprint density at radius 1 is 1.45 bits per heavy atom. The maximum absolute atomic E-state index is 11.5. The highest BCUT2D eigenvalue weighted by Gasteiger charge is 2.14. The summed E-state index contributed by atoms with van der Waals surface area (Å²) in [6.45, 7) is 3.47. The van der Waals surface area contributed by atoms with Crippen LogP contribution in [-0.4, -0.2) is 71.7 Å². The summed E-state index contributed by atoms with van der Waals surface area (Å²) >= 11 is 0. The molecule has 1 unspecified atom stereocenters. The summed E-state index contributed by atoms with van der Waals surface area (Å²) in [5.74, 6) is 0.148. The number of amides is 1. The van der Waals surface area contributed by atoms with Crippen LogP contribution in [-0.2, 0) is 14.5 Å². The van der Waals surface area contributed by atoms with Gasteiger partial charge in [-0.3, -0.25) is 9.63 Å². The molecular formula is C19H25N5O7. The summed E-state index contributed by atoms with van der Waals surface area (Å²) in [5.41, 5.74) is 2.20. The number of aromatic amines is 1. The van der Waals surface area contributed by atoms with E-state index in [1.165, 1.54) is 6.92 Å². The first kappa shape index (κ1) is 23.9. The van der Waals surface area contributed by atoms with Gasteiger partial charge >= 0.3 is 0 Å². The molecule has 0 aliphatic heterocycles. The van der Waals surface area contributed by atoms with Crippen LogP contribution in [0.3, 0.4) is 0 Å². The molecular weight excluding hydrogens is 410 g/mol. The SMILES string of the molecule is CC(=O)N(CCNCC(O)COc1cc(C)cc2[nH]cc(C#N)c12)OCCO[N+](=O)[O-]. The third-order valence-electron chi connectivity index (χ3n) is 4.19. The molecule has 1 atom stereocenters. The molecule has 0 radical (unpaired) electrons. The number of benzene rings is 1. The van der Waals surface area contributed by atoms with Crippen molar-refractivity contribution < 1.29 is 29.4 Å². The van der Waals surface area contributed by atoms with Gasteiger partial charge < -0.3 is 25.0 Å². The molecule has 0 saturated heterocycles. The number of hydroxylamine groups is 2. The quantitative estimate of drug-likeness (QED) is 0.233. The van der Waals surface area contributed by atoms with Crippen molar-refractivity contribution in [3.8, 4) is 11.8 Å². The number of H-pyrrole nitrogens is 1. The maximum atomic E-state index is 11.5. The molecule has 1 amide bonds. The van der Waals surface area contributed by atoms with Crippen LogP contribution in [0.5, 0.6) is 5.75 Å². The first-order chi connectivity index (χ1) is 14.8. The molecule has 0 aliphatic carbocycles. The summed E-state index contributed by atoms with van der Waals surface area (Å²) in [6, 6.07) is 5.83. The molecule has 1 aromatic heterocycles. The van der Waals surface area contributed by atoms with Crippen LogP contribution in [0, 0.1) is 28.4 Å². The molecule has 31 heavy (non-hydrogen) atoms. The van der Waals surface area contributed by atoms with Crippen LogP contribution >= 0.6 is 0 Å². The topological polar surface area (TPSA) is 163 Å². The second-order valence-electron chi connectivity index (χ2n) is 6.68. The largest absolute Gasteiger partial charge is 0.490 e. The Bertz CT molecular complexity index is 940. The van der Waals surface area contributed by atoms with Gasteiger partial charge in [0.1, 0.15) is 31.1 Å². The van der Waals surface area contributed by atoms with E-state index in [4.69, 9.17) is 9.57 Å². The fraction of sp³-hybridized carbons (Fsp3) is 0.474. The lowest BCUT2D eigenvalue weighted by atomic mass is 10.1. The zero-order chi connectivity index (χ0) is 22.8. The van der Waals surface area contributed by atoms with Crippen molar-refractivity contribution in [3.05, 3.63) is 39.6 Å². The number of hydrogen-bond acceptors (Lipinski definition) is 9. The third kappa shape index (κ3) is 7.41. The van der Waals surface area contributed by atoms with Gasteiger partial charge in [0.25, 0.3) is 5.09 Å². The Morgan fingerprint density at radius 3 is 2.90 bits per heavy atom. The number of nitrogens with zero attached hydrogens (tertiary/aromatic N) is 3. The van der Waals surface area contributed by atoms with Crippen LogP contribution in [0.25, 0.3) is 10.9 Å². The number of carbonyl (C=O) groups is 1. The molecule has 2 aromatic rings. The van der Waals surface area contributed by atoms with E-state index in [9.17, 15) is 25.3 Å². The van der Waals surface area contributed by atoms with Gasteiger partial charge in [0.05, 0.1) is 29.6 Å². The average molecular weight is 435 g/mol. The van der Waals surface area contributed by atoms with Gasteiger partial charge in [-0.15, -0.1) is 10.1 Å². The molecule has 0 spiro atoms. The molecule has 12 nitrogen and oxygen atoms in total. The smallest absolute Gasteiger partial charge is 0.294 e. The Hall–Kier alpha value is -3.40. The summed E-state index contributed by atoms with van der Waals surface area (Å²) in [4.78, 5) is 33.9. The fourth-order valence-corrected chi connectivity index (χ4v) is 2.84. The molecule has 0 saturated carbocycles. The summed E-state index contributed by atoms with van der Waals surface area (Å²) in [7, 11) is 0. The van der Waals surface area contributed by atoms with Gasteiger partial charge in [-0.25, -0.2) is 5.06 Å². The van der Waals surface area contributed by atoms with Crippen molar-refractivity contribution in [3.63, 3.8) is 0 Å². The van der Waals surface area contributed by atoms with Crippen LogP contribution < -0.4 is 10.1 Å². The van der Waals surface area contributed by atoms with E-state index in [2.05, 4.69) is 21.2 Å². The first-order valence-electron chi connectivity index (χ1n) is 9.53. The number of nitrogens with one attached hydrogen (secondary N) is 2. The Morgan fingerprint density at radius 2 is 2.23 bits per heavy atom. The minimum atomic E-state index is -0.939. The van der Waals surface area contributed by atoms with E-state index in [-0.39, 0.29) is 38.8 Å². The lowest BCUT2D eigenvalue weighted by Gasteiger charge is -2.21. The van der Waals surface area contributed by atoms with E-state index >= 15 is 0 Å². The van der Waals surface area contributed by atoms with Gasteiger partial charge in [-0.1, -0.05) is 0 Å². The number of hydrogen-bond donors (Lipinski definition) is 3. The predicted octanol–water partition coefficient (Wildman–Crippen LogP) is 0.666. The molecule has 1 heterocycles. The summed E-state index contributed by atoms with van der Waals surface area (Å²) in [5, 5.41) is 33.3. The minimum absolute atomic E-state index is 0.00670. The number of aliphatic hydroxyl groups excluding tert-OH is 1. The maximum Gasteiger partial charge on any atom is 0.294 e. The van der Waals surface area contributed by atoms with E-state index in [1.54, 1.807) is 6.20 Å². The molecule has 12 heteroatoms. The fourth-order valence-electron chi connectivity index (χ4n) is 2.84. The Kier molecular flexibility index (Phi) is 9.01. The molecule has 0 fully saturated rings. The van der Waals surface area contributed by atoms with E-state index < -0.39 is 11.2 Å². The van der Waals surface area contributed by atoms with Crippen molar-refractivity contribution in [2.75, 3.05) is 39.5 Å². The van der Waals surface area contributed by atoms with Crippen molar-refractivity contribution in [2.45, 2.75) is 20.0 Å². The van der Waals surface area contributed by atoms with Crippen molar-refractivity contribution in [1.29, 1.82) is 5.26 Å². The van der Waals surface area contributed by atoms with Crippen LogP contribution in [0.2, 0.25) is 0 Å². The monoisotopic (exact) mass is 435 g/mol. The number of aliphatic hydroxyl groups is 1. The normalized spacial score (nSPS) is 11.7. The van der Waals surface area contributed by atoms with Crippen LogP contribution in [0.4, 0.5) is 0 Å². The lowest BCUT2D eigenvalue weighted by molar-refractivity contribution is -0.758. The standard InChI is InChI=1S/C19H25N5O7/c1-13-7-17-19(15(9-20)10-22-17)18(8-13)29-12-16(26)11-21-3-4-23(14(2)25)30-5-6-31-24(27)28/h7-8,10,16,21-22,26H,3-6,11-12H2,1-2H3. The van der Waals surface area contributed by atoms with E-state index in [1.807, 2.05) is 19.1 Å². The van der Waals surface area contributed by atoms with Gasteiger partial charge in [-0.05, 0) is 24.6 Å². The highest BCUT2D eigenvalue weighted by molar-refractivity contribution is 5.92. The number of nitriles is 1. The first-order valence-corrected chi connectivity index (χ1v) is 9.53. The minimum Gasteiger partial charge on any atom is -0.490 e. The predicted molar refractivity (Wildman–Crippen MR) is 108 cm³/mol. The highest BCUT2D eigenvalue weighted by atomic mass is 17.0. The van der Waals surface area contributed by atoms with E-state index in [0.717, 1.165) is 16.1 Å². The Labute approximate surface area is 178 Å². The number of aromatic nitrogens is 1. The summed E-state index contributed by atoms with van der Waals surface area (Å²) in [6.07, 6.45) is 0.779. The molecule has 0 aliphatic rings. The number of carbonyl (C=O) groups excluding carboxylic acids is 1. The van der Waals surface area contributed by atoms with E-state index in [0.29, 0.717) is 23.2 Å². The van der Waals surface area contributed by atoms with Gasteiger partial charge in [0, 0.05) is 26.2 Å². The zero-order valence-corrected chi connectivity index (χ0v) is 17.3. The number of ether oxygens (including phenoxy) is 1. The summed E-state index contributed by atoms with van der Waals surface area (Å²) < 4.78 is 5.74. The second kappa shape index (κ2) is 11.7. The number of aryl methyl sites for hydroxylation is 1. The average Bonchev–Trinajstić information content (AvgIpc) is 3.13. The second-order valence-corrected chi connectivity index (χ2v) is 6.68. The van der Waals surface area contributed by atoms with Crippen molar-refractivity contribution >= 4 is 16.8 Å². The van der Waals surface area contributed by atoms with Crippen LogP contribution in [0.15, 0.2) is 18.3 Å². The zero-order valence-electron chi connectivity index (χ0n) is 17.3. The van der Waals surface area contributed by atoms with Crippen LogP contribution in [0.1, 0.15) is 18.1 Å². The van der Waals surface area contributed by atoms with Crippen molar-refractivity contribution in [1.82, 2.24) is 15.4 Å². The Balaban J connectivity index is 1.76. The van der Waals surface area contributed by atoms with Gasteiger partial charge in [-0.2, -0.15) is 5.26 Å².